The summed E-state index contributed by atoms with van der Waals surface area (Å²) in [7, 11) is 2.71. The predicted molar refractivity (Wildman–Crippen MR) is 75.8 cm³/mol. The Kier molecular flexibility index (Phi) is 5.13. The van der Waals surface area contributed by atoms with Crippen molar-refractivity contribution in [2.75, 3.05) is 14.2 Å². The van der Waals surface area contributed by atoms with Gasteiger partial charge in [-0.25, -0.2) is 0 Å². The van der Waals surface area contributed by atoms with Crippen LogP contribution in [-0.4, -0.2) is 36.2 Å². The fourth-order valence-corrected chi connectivity index (χ4v) is 2.52. The monoisotopic (exact) mass is 310 g/mol. The minimum Gasteiger partial charge on any atom is -0.476 e. The van der Waals surface area contributed by atoms with E-state index in [-0.39, 0.29) is 35.4 Å². The van der Waals surface area contributed by atoms with Crippen LogP contribution in [0, 0.1) is 16.0 Å². The van der Waals surface area contributed by atoms with Crippen LogP contribution in [-0.2, 0) is 9.53 Å². The maximum atomic E-state index is 11.5. The molecule has 0 saturated heterocycles. The second-order valence-electron chi connectivity index (χ2n) is 5.05. The molecule has 8 nitrogen and oxygen atoms in total. The molecule has 1 aromatic heterocycles. The predicted octanol–water partition coefficient (Wildman–Crippen LogP) is 2.11. The van der Waals surface area contributed by atoms with Crippen molar-refractivity contribution < 1.29 is 23.9 Å². The molecule has 0 unspecified atom stereocenters. The van der Waals surface area contributed by atoms with Gasteiger partial charge in [0.1, 0.15) is 6.10 Å². The Bertz CT molecular complexity index is 554. The van der Waals surface area contributed by atoms with Gasteiger partial charge < -0.3 is 14.2 Å². The van der Waals surface area contributed by atoms with Crippen molar-refractivity contribution >= 4 is 11.7 Å². The molecule has 8 heteroatoms. The van der Waals surface area contributed by atoms with Crippen LogP contribution in [0.3, 0.4) is 0 Å². The third-order valence-corrected chi connectivity index (χ3v) is 3.70. The van der Waals surface area contributed by atoms with Gasteiger partial charge in [0.2, 0.25) is 5.88 Å². The van der Waals surface area contributed by atoms with Gasteiger partial charge in [-0.15, -0.1) is 0 Å². The highest BCUT2D eigenvalue weighted by Crippen LogP contribution is 2.31. The molecule has 1 fully saturated rings. The number of carbonyl (C=O) groups excluding carboxylic acids is 1. The second kappa shape index (κ2) is 7.06. The molecule has 0 atom stereocenters. The quantitative estimate of drug-likeness (QED) is 0.466. The molecule has 0 radical (unpaired) electrons. The van der Waals surface area contributed by atoms with E-state index in [4.69, 9.17) is 14.2 Å². The van der Waals surface area contributed by atoms with Gasteiger partial charge in [0.25, 0.3) is 5.88 Å². The summed E-state index contributed by atoms with van der Waals surface area (Å²) < 4.78 is 15.4. The maximum Gasteiger partial charge on any atom is 0.331 e. The number of rotatable bonds is 5. The topological polar surface area (TPSA) is 101 Å². The summed E-state index contributed by atoms with van der Waals surface area (Å²) in [6.07, 6.45) is 2.74. The number of carbonyl (C=O) groups is 1. The van der Waals surface area contributed by atoms with Crippen molar-refractivity contribution in [2.24, 2.45) is 5.92 Å². The zero-order valence-electron chi connectivity index (χ0n) is 12.5. The van der Waals surface area contributed by atoms with Crippen LogP contribution in [0.1, 0.15) is 25.7 Å². The van der Waals surface area contributed by atoms with E-state index in [1.165, 1.54) is 26.4 Å². The lowest BCUT2D eigenvalue weighted by atomic mass is 9.87. The summed E-state index contributed by atoms with van der Waals surface area (Å²) in [4.78, 5) is 25.7. The van der Waals surface area contributed by atoms with Crippen LogP contribution in [0.2, 0.25) is 0 Å². The SMILES string of the molecule is COc1nc(O[C@H]2CC[C@H](C(=O)OC)CC2)ccc1[N+](=O)[O-]. The summed E-state index contributed by atoms with van der Waals surface area (Å²) in [6, 6.07) is 2.76. The Labute approximate surface area is 127 Å². The maximum absolute atomic E-state index is 11.5. The average Bonchev–Trinajstić information content (AvgIpc) is 2.54. The molecular formula is C14H18N2O6. The number of hydrogen-bond acceptors (Lipinski definition) is 7. The first-order valence-electron chi connectivity index (χ1n) is 6.99. The Morgan fingerprint density at radius 3 is 2.50 bits per heavy atom. The van der Waals surface area contributed by atoms with Crippen LogP contribution >= 0.6 is 0 Å². The van der Waals surface area contributed by atoms with E-state index in [1.807, 2.05) is 0 Å². The van der Waals surface area contributed by atoms with E-state index in [2.05, 4.69) is 4.98 Å². The molecule has 22 heavy (non-hydrogen) atoms. The highest BCUT2D eigenvalue weighted by Gasteiger charge is 2.28. The first-order valence-corrected chi connectivity index (χ1v) is 6.99. The number of nitrogens with zero attached hydrogens (tertiary/aromatic N) is 2. The van der Waals surface area contributed by atoms with Crippen molar-refractivity contribution in [3.05, 3.63) is 22.2 Å². The van der Waals surface area contributed by atoms with Crippen LogP contribution in [0.15, 0.2) is 12.1 Å². The number of hydrogen-bond donors (Lipinski definition) is 0. The minimum atomic E-state index is -0.558. The van der Waals surface area contributed by atoms with Crippen LogP contribution < -0.4 is 9.47 Å². The molecule has 0 N–H and O–H groups in total. The summed E-state index contributed by atoms with van der Waals surface area (Å²) in [5.41, 5.74) is -0.204. The third-order valence-electron chi connectivity index (χ3n) is 3.70. The Morgan fingerprint density at radius 1 is 1.27 bits per heavy atom. The molecule has 1 aliphatic carbocycles. The fraction of sp³-hybridized carbons (Fsp3) is 0.571. The number of pyridine rings is 1. The summed E-state index contributed by atoms with van der Waals surface area (Å²) in [6.45, 7) is 0. The van der Waals surface area contributed by atoms with Crippen molar-refractivity contribution in [3.63, 3.8) is 0 Å². The van der Waals surface area contributed by atoms with Crippen molar-refractivity contribution in [1.82, 2.24) is 4.98 Å². The molecule has 120 valence electrons. The first kappa shape index (κ1) is 16.0. The molecule has 2 rings (SSSR count). The van der Waals surface area contributed by atoms with Crippen LogP contribution in [0.5, 0.6) is 11.8 Å². The zero-order chi connectivity index (χ0) is 16.1. The van der Waals surface area contributed by atoms with Crippen molar-refractivity contribution in [1.29, 1.82) is 0 Å². The molecule has 0 spiro atoms. The molecule has 1 heterocycles. The molecule has 0 aliphatic heterocycles. The number of ether oxygens (including phenoxy) is 3. The van der Waals surface area contributed by atoms with Gasteiger partial charge in [-0.1, -0.05) is 0 Å². The van der Waals surface area contributed by atoms with E-state index in [0.29, 0.717) is 25.7 Å². The first-order chi connectivity index (χ1) is 10.5. The van der Waals surface area contributed by atoms with Gasteiger partial charge in [0.15, 0.2) is 0 Å². The summed E-state index contributed by atoms with van der Waals surface area (Å²) >= 11 is 0. The smallest absolute Gasteiger partial charge is 0.331 e. The molecule has 0 bridgehead atoms. The third kappa shape index (κ3) is 3.63. The Morgan fingerprint density at radius 2 is 1.95 bits per heavy atom. The van der Waals surface area contributed by atoms with Gasteiger partial charge >= 0.3 is 11.7 Å². The average molecular weight is 310 g/mol. The normalized spacial score (nSPS) is 21.0. The summed E-state index contributed by atoms with van der Waals surface area (Å²) in [5.74, 6) is -0.0625. The standard InChI is InChI=1S/C14H18N2O6/c1-20-13-11(16(18)19)7-8-12(15-13)22-10-5-3-9(4-6-10)14(17)21-2/h7-10H,3-6H2,1-2H3/t9-,10-. The highest BCUT2D eigenvalue weighted by atomic mass is 16.6. The number of esters is 1. The van der Waals surface area contributed by atoms with Crippen LogP contribution in [0.25, 0.3) is 0 Å². The largest absolute Gasteiger partial charge is 0.476 e. The molecular weight excluding hydrogens is 292 g/mol. The van der Waals surface area contributed by atoms with Crippen LogP contribution in [0.4, 0.5) is 5.69 Å². The van der Waals surface area contributed by atoms with Gasteiger partial charge in [-0.2, -0.15) is 4.98 Å². The van der Waals surface area contributed by atoms with Gasteiger partial charge in [-0.3, -0.25) is 14.9 Å². The van der Waals surface area contributed by atoms with Gasteiger partial charge in [0.05, 0.1) is 25.1 Å². The number of aromatic nitrogens is 1. The lowest BCUT2D eigenvalue weighted by Crippen LogP contribution is -2.28. The molecule has 0 amide bonds. The van der Waals surface area contributed by atoms with Gasteiger partial charge in [0, 0.05) is 12.1 Å². The number of nitro groups is 1. The second-order valence-corrected chi connectivity index (χ2v) is 5.05. The van der Waals surface area contributed by atoms with E-state index in [9.17, 15) is 14.9 Å². The Hall–Kier alpha value is -2.38. The summed E-state index contributed by atoms with van der Waals surface area (Å²) in [5, 5.41) is 10.8. The highest BCUT2D eigenvalue weighted by molar-refractivity contribution is 5.72. The number of methoxy groups -OCH3 is 2. The van der Waals surface area contributed by atoms with E-state index in [1.54, 1.807) is 0 Å². The lowest BCUT2D eigenvalue weighted by Gasteiger charge is -2.27. The molecule has 1 saturated carbocycles. The van der Waals surface area contributed by atoms with Gasteiger partial charge in [-0.05, 0) is 25.7 Å². The molecule has 1 aliphatic rings. The van der Waals surface area contributed by atoms with Crippen molar-refractivity contribution in [2.45, 2.75) is 31.8 Å². The zero-order valence-corrected chi connectivity index (χ0v) is 12.5. The van der Waals surface area contributed by atoms with E-state index in [0.717, 1.165) is 0 Å². The Balaban J connectivity index is 1.98. The fourth-order valence-electron chi connectivity index (χ4n) is 2.52. The lowest BCUT2D eigenvalue weighted by molar-refractivity contribution is -0.386. The van der Waals surface area contributed by atoms with E-state index < -0.39 is 4.92 Å². The van der Waals surface area contributed by atoms with E-state index >= 15 is 0 Å². The minimum absolute atomic E-state index is 0.0698. The molecule has 1 aromatic rings. The molecule has 0 aromatic carbocycles. The van der Waals surface area contributed by atoms with Crippen molar-refractivity contribution in [3.8, 4) is 11.8 Å².